The summed E-state index contributed by atoms with van der Waals surface area (Å²) >= 11 is 0. The minimum atomic E-state index is -1.02. The lowest BCUT2D eigenvalue weighted by Crippen LogP contribution is -2.54. The third kappa shape index (κ3) is 7.73. The quantitative estimate of drug-likeness (QED) is 0.0938. The molecule has 5 amide bonds. The maximum absolute atomic E-state index is 14.4. The second-order valence-electron chi connectivity index (χ2n) is 14.8. The van der Waals surface area contributed by atoms with Gasteiger partial charge in [0.1, 0.15) is 23.5 Å². The maximum atomic E-state index is 14.4. The number of halogens is 2. The van der Waals surface area contributed by atoms with E-state index in [1.165, 1.54) is 12.1 Å². The van der Waals surface area contributed by atoms with Gasteiger partial charge in [0.25, 0.3) is 11.8 Å². The minimum Gasteiger partial charge on any atom is -0.350 e. The van der Waals surface area contributed by atoms with Gasteiger partial charge in [0, 0.05) is 55.9 Å². The second-order valence-corrected chi connectivity index (χ2v) is 14.8. The molecular formula is C40H41F2N11O5. The molecule has 0 radical (unpaired) electrons. The number of H-pyrrole nitrogens is 1. The average Bonchev–Trinajstić information content (AvgIpc) is 3.90. The van der Waals surface area contributed by atoms with Crippen LogP contribution in [0.3, 0.4) is 0 Å². The van der Waals surface area contributed by atoms with Crippen LogP contribution in [0, 0.1) is 18.6 Å². The highest BCUT2D eigenvalue weighted by Crippen LogP contribution is 2.32. The first-order valence-corrected chi connectivity index (χ1v) is 19.4. The van der Waals surface area contributed by atoms with Crippen molar-refractivity contribution in [1.29, 1.82) is 0 Å². The molecule has 18 heteroatoms. The summed E-state index contributed by atoms with van der Waals surface area (Å²) in [5.74, 6) is -2.19. The summed E-state index contributed by atoms with van der Waals surface area (Å²) in [7, 11) is 0. The Hall–Kier alpha value is -6.59. The van der Waals surface area contributed by atoms with E-state index in [1.54, 1.807) is 18.3 Å². The summed E-state index contributed by atoms with van der Waals surface area (Å²) in [6.07, 6.45) is 6.15. The van der Waals surface area contributed by atoms with Crippen molar-refractivity contribution in [2.75, 3.05) is 23.7 Å². The number of anilines is 3. The van der Waals surface area contributed by atoms with E-state index >= 15 is 0 Å². The van der Waals surface area contributed by atoms with Gasteiger partial charge in [-0.3, -0.25) is 39.3 Å². The molecule has 3 aromatic heterocycles. The third-order valence-electron chi connectivity index (χ3n) is 10.9. The van der Waals surface area contributed by atoms with Gasteiger partial charge in [-0.15, -0.1) is 0 Å². The van der Waals surface area contributed by atoms with Gasteiger partial charge in [-0.25, -0.2) is 13.5 Å². The van der Waals surface area contributed by atoms with Crippen molar-refractivity contribution < 1.29 is 32.8 Å². The number of aromatic nitrogens is 6. The Morgan fingerprint density at radius 2 is 1.78 bits per heavy atom. The molecule has 2 fully saturated rings. The first-order valence-electron chi connectivity index (χ1n) is 19.4. The number of rotatable bonds is 13. The highest BCUT2D eigenvalue weighted by Gasteiger charge is 2.45. The van der Waals surface area contributed by atoms with Crippen LogP contribution in [0.2, 0.25) is 0 Å². The molecule has 2 aromatic carbocycles. The zero-order valence-corrected chi connectivity index (χ0v) is 31.7. The normalized spacial score (nSPS) is 17.3. The number of imide groups is 2. The monoisotopic (exact) mass is 793 g/mol. The van der Waals surface area contributed by atoms with Gasteiger partial charge in [-0.05, 0) is 63.1 Å². The van der Waals surface area contributed by atoms with Crippen LogP contribution in [0.15, 0.2) is 48.7 Å². The Bertz CT molecular complexity index is 2440. The Balaban J connectivity index is 0.859. The van der Waals surface area contributed by atoms with E-state index in [0.717, 1.165) is 28.6 Å². The standard InChI is InChI=1S/C40H41F2N11O5/c1-22-18-31(50-49-22)45-35-28-21-44-53(36(28)48-40(47-35)43-20-24-10-11-25(41)19-29(24)42)26-14-16-51(17-15-26)33(55)9-4-2-3-6-23-7-5-8-27-34(23)39(58)52(38(27)57)30-12-13-32(54)46-37(30)56/h5,7-8,10-11,18-19,21,26,30H,2-4,6,9,12-17,20H2,1H3,(H,46,54,56)(H3,43,45,47,48,49,50). The zero-order chi connectivity index (χ0) is 40.5. The highest BCUT2D eigenvalue weighted by molar-refractivity contribution is 6.24. The average molecular weight is 794 g/mol. The van der Waals surface area contributed by atoms with E-state index < -0.39 is 41.3 Å². The van der Waals surface area contributed by atoms with Crippen molar-refractivity contribution in [2.24, 2.45) is 0 Å². The number of carbonyl (C=O) groups excluding carboxylic acids is 5. The zero-order valence-electron chi connectivity index (χ0n) is 31.7. The number of piperidine rings is 2. The molecule has 1 unspecified atom stereocenters. The number of amides is 5. The lowest BCUT2D eigenvalue weighted by atomic mass is 9.97. The van der Waals surface area contributed by atoms with Crippen LogP contribution in [-0.4, -0.2) is 88.4 Å². The highest BCUT2D eigenvalue weighted by atomic mass is 19.1. The van der Waals surface area contributed by atoms with Gasteiger partial charge in [-0.2, -0.15) is 20.2 Å². The lowest BCUT2D eigenvalue weighted by molar-refractivity contribution is -0.136. The Labute approximate surface area is 330 Å². The van der Waals surface area contributed by atoms with Crippen LogP contribution < -0.4 is 16.0 Å². The summed E-state index contributed by atoms with van der Waals surface area (Å²) < 4.78 is 29.7. The fourth-order valence-electron chi connectivity index (χ4n) is 7.89. The van der Waals surface area contributed by atoms with Crippen molar-refractivity contribution in [2.45, 2.75) is 83.3 Å². The number of carbonyl (C=O) groups is 5. The van der Waals surface area contributed by atoms with E-state index in [-0.39, 0.29) is 48.4 Å². The van der Waals surface area contributed by atoms with E-state index in [0.29, 0.717) is 79.8 Å². The van der Waals surface area contributed by atoms with Crippen LogP contribution in [0.25, 0.3) is 11.0 Å². The van der Waals surface area contributed by atoms with E-state index in [9.17, 15) is 32.8 Å². The molecule has 2 saturated heterocycles. The van der Waals surface area contributed by atoms with Gasteiger partial charge >= 0.3 is 0 Å². The fourth-order valence-corrected chi connectivity index (χ4v) is 7.89. The Kier molecular flexibility index (Phi) is 10.6. The van der Waals surface area contributed by atoms with Crippen LogP contribution >= 0.6 is 0 Å². The molecule has 16 nitrogen and oxygen atoms in total. The Morgan fingerprint density at radius 3 is 2.53 bits per heavy atom. The number of fused-ring (bicyclic) bond motifs is 2. The molecule has 0 saturated carbocycles. The third-order valence-corrected chi connectivity index (χ3v) is 10.9. The molecule has 5 aromatic rings. The van der Waals surface area contributed by atoms with E-state index in [2.05, 4.69) is 36.2 Å². The predicted octanol–water partition coefficient (Wildman–Crippen LogP) is 4.86. The first kappa shape index (κ1) is 38.3. The van der Waals surface area contributed by atoms with Crippen molar-refractivity contribution in [3.63, 3.8) is 0 Å². The molecule has 58 heavy (non-hydrogen) atoms. The molecule has 3 aliphatic heterocycles. The number of unbranched alkanes of at least 4 members (excludes halogenated alkanes) is 2. The number of hydrogen-bond acceptors (Lipinski definition) is 11. The van der Waals surface area contributed by atoms with Crippen LogP contribution in [0.4, 0.5) is 26.4 Å². The number of aromatic amines is 1. The summed E-state index contributed by atoms with van der Waals surface area (Å²) in [4.78, 5) is 76.1. The van der Waals surface area contributed by atoms with E-state index in [1.807, 2.05) is 28.6 Å². The summed E-state index contributed by atoms with van der Waals surface area (Å²) in [6, 6.07) is 9.27. The molecule has 0 spiro atoms. The fraction of sp³-hybridized carbons (Fsp3) is 0.375. The van der Waals surface area contributed by atoms with Crippen molar-refractivity contribution in [3.8, 4) is 0 Å². The van der Waals surface area contributed by atoms with Crippen molar-refractivity contribution >= 4 is 58.2 Å². The Morgan fingerprint density at radius 1 is 0.948 bits per heavy atom. The number of hydrogen-bond donors (Lipinski definition) is 4. The second kappa shape index (κ2) is 16.1. The molecule has 1 atom stereocenters. The maximum Gasteiger partial charge on any atom is 0.262 e. The molecule has 300 valence electrons. The van der Waals surface area contributed by atoms with Crippen molar-refractivity contribution in [3.05, 3.63) is 88.2 Å². The molecule has 0 bridgehead atoms. The minimum absolute atomic E-state index is 0.0212. The van der Waals surface area contributed by atoms with Crippen LogP contribution in [0.1, 0.15) is 94.9 Å². The molecule has 8 rings (SSSR count). The molecule has 4 N–H and O–H groups in total. The largest absolute Gasteiger partial charge is 0.350 e. The number of benzene rings is 2. The number of nitrogens with zero attached hydrogens (tertiary/aromatic N) is 7. The van der Waals surface area contributed by atoms with Crippen molar-refractivity contribution in [1.82, 2.24) is 45.1 Å². The summed E-state index contributed by atoms with van der Waals surface area (Å²) in [6.45, 7) is 2.98. The van der Waals surface area contributed by atoms with Crippen LogP contribution in [-0.2, 0) is 27.3 Å². The van der Waals surface area contributed by atoms with Gasteiger partial charge in [-0.1, -0.05) is 24.6 Å². The summed E-state index contributed by atoms with van der Waals surface area (Å²) in [5, 5.41) is 21.0. The van der Waals surface area contributed by atoms with E-state index in [4.69, 9.17) is 4.98 Å². The SMILES string of the molecule is Cc1cc(Nc2nc(NCc3ccc(F)cc3F)nc3c2cnn3C2CCN(C(=O)CCCCCc3cccc4c3C(=O)N(C3CCC(=O)NC3=O)C4=O)CC2)n[nH]1. The summed E-state index contributed by atoms with van der Waals surface area (Å²) in [5.41, 5.74) is 2.94. The number of nitrogens with one attached hydrogen (secondary N) is 4. The first-order chi connectivity index (χ1) is 28.0. The molecule has 3 aliphatic rings. The molecular weight excluding hydrogens is 753 g/mol. The van der Waals surface area contributed by atoms with Gasteiger partial charge < -0.3 is 15.5 Å². The lowest BCUT2D eigenvalue weighted by Gasteiger charge is -2.32. The molecule has 0 aliphatic carbocycles. The predicted molar refractivity (Wildman–Crippen MR) is 206 cm³/mol. The van der Waals surface area contributed by atoms with Crippen LogP contribution in [0.5, 0.6) is 0 Å². The number of aryl methyl sites for hydroxylation is 2. The topological polar surface area (TPSA) is 200 Å². The van der Waals surface area contributed by atoms with Gasteiger partial charge in [0.05, 0.1) is 28.8 Å². The molecule has 6 heterocycles. The van der Waals surface area contributed by atoms with Gasteiger partial charge in [0.2, 0.25) is 23.7 Å². The number of likely N-dealkylation sites (tertiary alicyclic amines) is 1. The van der Waals surface area contributed by atoms with Gasteiger partial charge in [0.15, 0.2) is 11.5 Å². The smallest absolute Gasteiger partial charge is 0.262 e.